The van der Waals surface area contributed by atoms with Gasteiger partial charge in [-0.05, 0) is 122 Å². The van der Waals surface area contributed by atoms with Crippen molar-refractivity contribution < 1.29 is 28.6 Å². The Morgan fingerprint density at radius 3 is 0.735 bits per heavy atom. The molecule has 1 unspecified atom stereocenters. The fourth-order valence-electron chi connectivity index (χ4n) is 9.27. The van der Waals surface area contributed by atoms with E-state index < -0.39 is 6.10 Å². The summed E-state index contributed by atoms with van der Waals surface area (Å²) in [7, 11) is 0. The third-order valence-corrected chi connectivity index (χ3v) is 14.3. The van der Waals surface area contributed by atoms with E-state index in [9.17, 15) is 14.4 Å². The van der Waals surface area contributed by atoms with Gasteiger partial charge in [-0.15, -0.1) is 0 Å². The molecule has 0 aromatic heterocycles. The van der Waals surface area contributed by atoms with Gasteiger partial charge in [0.05, 0.1) is 0 Å². The third kappa shape index (κ3) is 68.0. The maximum Gasteiger partial charge on any atom is 0.306 e. The maximum absolute atomic E-state index is 12.9. The minimum atomic E-state index is -0.786. The highest BCUT2D eigenvalue weighted by molar-refractivity contribution is 5.71. The molecule has 0 aliphatic carbocycles. The Morgan fingerprint density at radius 2 is 0.470 bits per heavy atom. The van der Waals surface area contributed by atoms with Crippen LogP contribution in [-0.2, 0) is 28.6 Å². The van der Waals surface area contributed by atoms with Gasteiger partial charge < -0.3 is 14.2 Å². The number of hydrogen-bond acceptors (Lipinski definition) is 6. The first-order valence-corrected chi connectivity index (χ1v) is 34.3. The molecule has 0 radical (unpaired) electrons. The second kappa shape index (κ2) is 69.8. The highest BCUT2D eigenvalue weighted by Crippen LogP contribution is 2.16. The largest absolute Gasteiger partial charge is 0.462 e. The Morgan fingerprint density at radius 1 is 0.253 bits per heavy atom. The van der Waals surface area contributed by atoms with Crippen LogP contribution in [-0.4, -0.2) is 37.2 Å². The molecule has 0 spiro atoms. The normalized spacial score (nSPS) is 13.0. The molecule has 0 saturated carbocycles. The van der Waals surface area contributed by atoms with Gasteiger partial charge in [0.1, 0.15) is 13.2 Å². The van der Waals surface area contributed by atoms with Crippen LogP contribution >= 0.6 is 0 Å². The van der Waals surface area contributed by atoms with Crippen LogP contribution in [0.4, 0.5) is 0 Å². The SMILES string of the molecule is CC/C=C\C/C=C\C/C=C\C/C=C\C/C=C\C/C=C\C/C=C\C/C=C\CCCCCCCCC(=O)OCC(COC(=O)CCCCCCC)OC(=O)CCCCCCCCCCCCCCCCCC/C=C\C/C=C\C/C=C\C/C=C\CC. The van der Waals surface area contributed by atoms with Crippen LogP contribution in [0.2, 0.25) is 0 Å². The van der Waals surface area contributed by atoms with Crippen molar-refractivity contribution in [1.82, 2.24) is 0 Å². The highest BCUT2D eigenvalue weighted by Gasteiger charge is 2.19. The van der Waals surface area contributed by atoms with E-state index >= 15 is 0 Å². The summed E-state index contributed by atoms with van der Waals surface area (Å²) in [5.74, 6) is -0.911. The zero-order chi connectivity index (χ0) is 59.9. The summed E-state index contributed by atoms with van der Waals surface area (Å²) in [6.07, 6.45) is 101. The predicted molar refractivity (Wildman–Crippen MR) is 362 cm³/mol. The number of ether oxygens (including phenoxy) is 3. The average Bonchev–Trinajstić information content (AvgIpc) is 3.49. The second-order valence-electron chi connectivity index (χ2n) is 22.3. The van der Waals surface area contributed by atoms with Crippen molar-refractivity contribution in [3.63, 3.8) is 0 Å². The smallest absolute Gasteiger partial charge is 0.306 e. The van der Waals surface area contributed by atoms with Crippen molar-refractivity contribution in [2.75, 3.05) is 13.2 Å². The van der Waals surface area contributed by atoms with E-state index in [-0.39, 0.29) is 31.1 Å². The lowest BCUT2D eigenvalue weighted by Gasteiger charge is -2.18. The summed E-state index contributed by atoms with van der Waals surface area (Å²) in [5, 5.41) is 0. The highest BCUT2D eigenvalue weighted by atomic mass is 16.6. The van der Waals surface area contributed by atoms with Gasteiger partial charge in [-0.1, -0.05) is 308 Å². The lowest BCUT2D eigenvalue weighted by molar-refractivity contribution is -0.167. The first kappa shape index (κ1) is 78.3. The summed E-state index contributed by atoms with van der Waals surface area (Å²) in [6.45, 7) is 6.33. The number of esters is 3. The first-order valence-electron chi connectivity index (χ1n) is 34.3. The van der Waals surface area contributed by atoms with Crippen LogP contribution < -0.4 is 0 Å². The predicted octanol–water partition coefficient (Wildman–Crippen LogP) is 23.9. The van der Waals surface area contributed by atoms with E-state index in [4.69, 9.17) is 14.2 Å². The van der Waals surface area contributed by atoms with Gasteiger partial charge >= 0.3 is 17.9 Å². The molecule has 6 nitrogen and oxygen atoms in total. The molecule has 0 N–H and O–H groups in total. The number of unbranched alkanes of at least 4 members (excludes halogenated alkanes) is 26. The molecule has 6 heteroatoms. The Balaban J connectivity index is 4.07. The first-order chi connectivity index (χ1) is 41.0. The van der Waals surface area contributed by atoms with Crippen LogP contribution in [0.5, 0.6) is 0 Å². The maximum atomic E-state index is 12.9. The molecule has 0 heterocycles. The Labute approximate surface area is 512 Å². The van der Waals surface area contributed by atoms with Crippen LogP contribution in [0.1, 0.15) is 303 Å². The van der Waals surface area contributed by atoms with Crippen molar-refractivity contribution in [3.05, 3.63) is 146 Å². The van der Waals surface area contributed by atoms with Crippen molar-refractivity contribution in [2.24, 2.45) is 0 Å². The van der Waals surface area contributed by atoms with Crippen molar-refractivity contribution in [3.8, 4) is 0 Å². The average molecular weight is 1150 g/mol. The number of rotatable bonds is 61. The summed E-state index contributed by atoms with van der Waals surface area (Å²) < 4.78 is 16.8. The zero-order valence-electron chi connectivity index (χ0n) is 53.9. The Bertz CT molecular complexity index is 1800. The molecule has 0 saturated heterocycles. The molecule has 0 aromatic rings. The number of carbonyl (C=O) groups is 3. The molecular formula is C77H126O6. The Hall–Kier alpha value is -4.71. The fraction of sp³-hybridized carbons (Fsp3) is 0.649. The second-order valence-corrected chi connectivity index (χ2v) is 22.3. The number of hydrogen-bond donors (Lipinski definition) is 0. The van der Waals surface area contributed by atoms with Gasteiger partial charge in [-0.3, -0.25) is 14.4 Å². The summed E-state index contributed by atoms with van der Waals surface area (Å²) >= 11 is 0. The molecule has 83 heavy (non-hydrogen) atoms. The van der Waals surface area contributed by atoms with E-state index in [0.717, 1.165) is 154 Å². The van der Waals surface area contributed by atoms with Crippen molar-refractivity contribution in [1.29, 1.82) is 0 Å². The number of allylic oxidation sites excluding steroid dienone is 24. The van der Waals surface area contributed by atoms with Crippen molar-refractivity contribution >= 4 is 17.9 Å². The van der Waals surface area contributed by atoms with Gasteiger partial charge in [0.15, 0.2) is 6.10 Å². The third-order valence-electron chi connectivity index (χ3n) is 14.3. The molecular weight excluding hydrogens is 1020 g/mol. The minimum Gasteiger partial charge on any atom is -0.462 e. The summed E-state index contributed by atoms with van der Waals surface area (Å²) in [4.78, 5) is 38.0. The molecule has 0 aliphatic heterocycles. The Kier molecular flexibility index (Phi) is 65.8. The lowest BCUT2D eigenvalue weighted by Crippen LogP contribution is -2.30. The quantitative estimate of drug-likeness (QED) is 0.0261. The van der Waals surface area contributed by atoms with Crippen LogP contribution in [0, 0.1) is 0 Å². The van der Waals surface area contributed by atoms with E-state index in [1.165, 1.54) is 109 Å². The van der Waals surface area contributed by atoms with Gasteiger partial charge in [-0.2, -0.15) is 0 Å². The zero-order valence-corrected chi connectivity index (χ0v) is 53.9. The molecule has 0 bridgehead atoms. The molecule has 470 valence electrons. The lowest BCUT2D eigenvalue weighted by atomic mass is 10.0. The van der Waals surface area contributed by atoms with Crippen LogP contribution in [0.3, 0.4) is 0 Å². The van der Waals surface area contributed by atoms with Gasteiger partial charge in [-0.25, -0.2) is 0 Å². The fourth-order valence-corrected chi connectivity index (χ4v) is 9.27. The van der Waals surface area contributed by atoms with Gasteiger partial charge in [0.25, 0.3) is 0 Å². The standard InChI is InChI=1S/C77H126O6/c1-4-7-10-13-15-17-19-21-23-25-27-29-31-33-35-37-38-40-41-43-45-47-49-51-53-55-57-59-61-64-67-70-76(79)82-73-74(72-81-75(78)69-66-63-12-9-6-3)83-77(80)71-68-65-62-60-58-56-54-52-50-48-46-44-42-39-36-34-32-30-28-26-24-22-20-18-16-14-11-8-5-2/h7-8,10-11,15-18,21-24,27-30,33,35,38,40,43,45,49,51,74H,4-6,9,12-14,19-20,25-26,31-32,34,36-37,39,41-42,44,46-48,50,52-73H2,1-3H3/b10-7-,11-8-,17-15-,18-16-,23-21-,24-22-,29-27-,30-28-,35-33-,40-38-,45-43-,51-49-. The van der Waals surface area contributed by atoms with Crippen molar-refractivity contribution in [2.45, 2.75) is 309 Å². The topological polar surface area (TPSA) is 78.9 Å². The van der Waals surface area contributed by atoms with E-state index in [0.29, 0.717) is 19.3 Å². The molecule has 0 aliphatic rings. The molecule has 0 fully saturated rings. The van der Waals surface area contributed by atoms with E-state index in [1.807, 2.05) is 0 Å². The summed E-state index contributed by atoms with van der Waals surface area (Å²) in [5.41, 5.74) is 0. The van der Waals surface area contributed by atoms with E-state index in [2.05, 4.69) is 167 Å². The summed E-state index contributed by atoms with van der Waals surface area (Å²) in [6, 6.07) is 0. The van der Waals surface area contributed by atoms with Gasteiger partial charge in [0, 0.05) is 19.3 Å². The molecule has 0 aromatic carbocycles. The van der Waals surface area contributed by atoms with E-state index in [1.54, 1.807) is 0 Å². The van der Waals surface area contributed by atoms with Gasteiger partial charge in [0.2, 0.25) is 0 Å². The van der Waals surface area contributed by atoms with Crippen LogP contribution in [0.25, 0.3) is 0 Å². The molecule has 0 rings (SSSR count). The monoisotopic (exact) mass is 1150 g/mol. The minimum absolute atomic E-state index is 0.0853. The van der Waals surface area contributed by atoms with Crippen LogP contribution in [0.15, 0.2) is 146 Å². The number of carbonyl (C=O) groups excluding carboxylic acids is 3. The molecule has 0 amide bonds. The molecule has 1 atom stereocenters.